The third kappa shape index (κ3) is 2.29. The molecule has 0 saturated heterocycles. The van der Waals surface area contributed by atoms with Gasteiger partial charge in [-0.15, -0.1) is 0 Å². The minimum atomic E-state index is 0.442. The first-order valence-corrected chi connectivity index (χ1v) is 4.30. The number of rotatable bonds is 3. The van der Waals surface area contributed by atoms with E-state index in [0.29, 0.717) is 12.5 Å². The molecule has 2 aromatic heterocycles. The summed E-state index contributed by atoms with van der Waals surface area (Å²) in [5.41, 5.74) is 0.891. The van der Waals surface area contributed by atoms with E-state index >= 15 is 0 Å². The molecule has 2 rings (SSSR count). The molecule has 3 nitrogen and oxygen atoms in total. The molecule has 3 heteroatoms. The lowest BCUT2D eigenvalue weighted by Crippen LogP contribution is -1.98. The third-order valence-corrected chi connectivity index (χ3v) is 1.68. The van der Waals surface area contributed by atoms with Crippen molar-refractivity contribution in [3.8, 4) is 5.88 Å². The number of hydrogen-bond donors (Lipinski definition) is 0. The molecule has 0 amide bonds. The van der Waals surface area contributed by atoms with Crippen LogP contribution in [0.2, 0.25) is 0 Å². The fourth-order valence-corrected chi connectivity index (χ4v) is 1.02. The molecule has 0 fully saturated rings. The van der Waals surface area contributed by atoms with E-state index in [-0.39, 0.29) is 0 Å². The van der Waals surface area contributed by atoms with Crippen LogP contribution in [0.4, 0.5) is 0 Å². The van der Waals surface area contributed by atoms with E-state index in [9.17, 15) is 0 Å². The van der Waals surface area contributed by atoms with E-state index in [1.807, 2.05) is 18.2 Å². The van der Waals surface area contributed by atoms with Crippen LogP contribution in [0.3, 0.4) is 0 Å². The number of ether oxygens (including phenoxy) is 1. The molecule has 0 N–H and O–H groups in total. The maximum Gasteiger partial charge on any atom is 0.213 e. The summed E-state index contributed by atoms with van der Waals surface area (Å²) in [6.45, 7) is 0.442. The Morgan fingerprint density at radius 1 is 1.21 bits per heavy atom. The summed E-state index contributed by atoms with van der Waals surface area (Å²) in [6, 6.07) is 12.1. The fraction of sp³-hybridized carbons (Fsp3) is 0.0909. The highest BCUT2D eigenvalue weighted by atomic mass is 16.5. The molecular weight excluding hydrogens is 176 g/mol. The minimum absolute atomic E-state index is 0.442. The highest BCUT2D eigenvalue weighted by Gasteiger charge is 1.95. The normalized spacial score (nSPS) is 9.71. The van der Waals surface area contributed by atoms with Crippen LogP contribution in [-0.2, 0) is 6.61 Å². The largest absolute Gasteiger partial charge is 0.471 e. The molecule has 0 aliphatic rings. The van der Waals surface area contributed by atoms with Gasteiger partial charge in [-0.2, -0.15) is 0 Å². The van der Waals surface area contributed by atoms with Gasteiger partial charge in [0.25, 0.3) is 0 Å². The quantitative estimate of drug-likeness (QED) is 0.732. The van der Waals surface area contributed by atoms with Crippen molar-refractivity contribution in [2.45, 2.75) is 6.61 Å². The van der Waals surface area contributed by atoms with Gasteiger partial charge in [-0.1, -0.05) is 6.07 Å². The van der Waals surface area contributed by atoms with Gasteiger partial charge < -0.3 is 4.74 Å². The van der Waals surface area contributed by atoms with Crippen molar-refractivity contribution in [3.63, 3.8) is 0 Å². The second kappa shape index (κ2) is 4.37. The summed E-state index contributed by atoms with van der Waals surface area (Å²) >= 11 is 0. The molecule has 0 aliphatic heterocycles. The van der Waals surface area contributed by atoms with Crippen molar-refractivity contribution in [1.29, 1.82) is 0 Å². The Morgan fingerprint density at radius 3 is 2.93 bits per heavy atom. The average Bonchev–Trinajstić information content (AvgIpc) is 2.29. The highest BCUT2D eigenvalue weighted by Crippen LogP contribution is 2.05. The SMILES string of the molecule is [c]1ccc(OCc2ccccn2)nc1. The zero-order valence-corrected chi connectivity index (χ0v) is 7.55. The molecule has 0 saturated carbocycles. The molecule has 0 spiro atoms. The molecule has 1 radical (unpaired) electrons. The first kappa shape index (κ1) is 8.69. The first-order chi connectivity index (χ1) is 6.95. The Morgan fingerprint density at radius 2 is 2.21 bits per heavy atom. The van der Waals surface area contributed by atoms with Crippen LogP contribution >= 0.6 is 0 Å². The van der Waals surface area contributed by atoms with Crippen LogP contribution in [0.25, 0.3) is 0 Å². The average molecular weight is 185 g/mol. The fourth-order valence-electron chi connectivity index (χ4n) is 1.02. The Hall–Kier alpha value is -1.90. The van der Waals surface area contributed by atoms with Gasteiger partial charge >= 0.3 is 0 Å². The number of nitrogens with zero attached hydrogens (tertiary/aromatic N) is 2. The van der Waals surface area contributed by atoms with E-state index in [4.69, 9.17) is 4.74 Å². The molecule has 2 aromatic rings. The van der Waals surface area contributed by atoms with E-state index < -0.39 is 0 Å². The van der Waals surface area contributed by atoms with E-state index in [1.54, 1.807) is 24.5 Å². The zero-order valence-electron chi connectivity index (χ0n) is 7.55. The summed E-state index contributed by atoms with van der Waals surface area (Å²) in [6.07, 6.45) is 3.32. The molecule has 2 heterocycles. The Balaban J connectivity index is 1.96. The molecule has 0 unspecified atom stereocenters. The predicted octanol–water partition coefficient (Wildman–Crippen LogP) is 1.86. The molecule has 14 heavy (non-hydrogen) atoms. The second-order valence-corrected chi connectivity index (χ2v) is 2.71. The monoisotopic (exact) mass is 185 g/mol. The maximum atomic E-state index is 5.40. The van der Waals surface area contributed by atoms with Crippen molar-refractivity contribution in [1.82, 2.24) is 9.97 Å². The molecule has 0 atom stereocenters. The number of pyridine rings is 2. The van der Waals surface area contributed by atoms with Crippen molar-refractivity contribution in [3.05, 3.63) is 54.5 Å². The van der Waals surface area contributed by atoms with Gasteiger partial charge in [0, 0.05) is 24.5 Å². The Kier molecular flexibility index (Phi) is 2.71. The lowest BCUT2D eigenvalue weighted by Gasteiger charge is -2.02. The molecule has 0 aliphatic carbocycles. The minimum Gasteiger partial charge on any atom is -0.471 e. The van der Waals surface area contributed by atoms with Gasteiger partial charge in [0.05, 0.1) is 5.69 Å². The summed E-state index contributed by atoms with van der Waals surface area (Å²) < 4.78 is 5.40. The van der Waals surface area contributed by atoms with Crippen LogP contribution in [0.15, 0.2) is 42.7 Å². The summed E-state index contributed by atoms with van der Waals surface area (Å²) in [4.78, 5) is 8.12. The predicted molar refractivity (Wildman–Crippen MR) is 51.6 cm³/mol. The number of aromatic nitrogens is 2. The topological polar surface area (TPSA) is 35.0 Å². The lowest BCUT2D eigenvalue weighted by atomic mass is 10.4. The van der Waals surface area contributed by atoms with Crippen LogP contribution in [-0.4, -0.2) is 9.97 Å². The standard InChI is InChI=1S/C11H9N2O/c1-3-7-12-10(5-1)9-14-11-6-2-4-8-13-11/h1-3,5-8H,9H2. The van der Waals surface area contributed by atoms with E-state index in [2.05, 4.69) is 16.0 Å². The zero-order chi connectivity index (χ0) is 9.64. The summed E-state index contributed by atoms with van der Waals surface area (Å²) in [7, 11) is 0. The van der Waals surface area contributed by atoms with Crippen molar-refractivity contribution >= 4 is 0 Å². The molecular formula is C11H9N2O. The summed E-state index contributed by atoms with van der Waals surface area (Å²) in [5.74, 6) is 0.592. The van der Waals surface area contributed by atoms with Gasteiger partial charge in [-0.3, -0.25) is 4.98 Å². The van der Waals surface area contributed by atoms with Crippen LogP contribution in [0.1, 0.15) is 5.69 Å². The van der Waals surface area contributed by atoms with Crippen LogP contribution in [0.5, 0.6) is 5.88 Å². The number of hydrogen-bond acceptors (Lipinski definition) is 3. The van der Waals surface area contributed by atoms with E-state index in [1.165, 1.54) is 0 Å². The van der Waals surface area contributed by atoms with Crippen LogP contribution < -0.4 is 4.74 Å². The molecule has 0 aromatic carbocycles. The molecule has 69 valence electrons. The molecule has 0 bridgehead atoms. The second-order valence-electron chi connectivity index (χ2n) is 2.71. The Bertz CT molecular complexity index is 336. The van der Waals surface area contributed by atoms with E-state index in [0.717, 1.165) is 5.69 Å². The van der Waals surface area contributed by atoms with Gasteiger partial charge in [0.1, 0.15) is 6.61 Å². The van der Waals surface area contributed by atoms with Crippen LogP contribution in [0, 0.1) is 6.07 Å². The summed E-state index contributed by atoms with van der Waals surface area (Å²) in [5, 5.41) is 0. The smallest absolute Gasteiger partial charge is 0.213 e. The van der Waals surface area contributed by atoms with Crippen molar-refractivity contribution in [2.75, 3.05) is 0 Å². The van der Waals surface area contributed by atoms with Gasteiger partial charge in [0.15, 0.2) is 0 Å². The van der Waals surface area contributed by atoms with Crippen molar-refractivity contribution in [2.24, 2.45) is 0 Å². The Labute approximate surface area is 82.4 Å². The lowest BCUT2D eigenvalue weighted by molar-refractivity contribution is 0.289. The maximum absolute atomic E-state index is 5.40. The van der Waals surface area contributed by atoms with Crippen molar-refractivity contribution < 1.29 is 4.74 Å². The third-order valence-electron chi connectivity index (χ3n) is 1.68. The van der Waals surface area contributed by atoms with Gasteiger partial charge in [0.2, 0.25) is 5.88 Å². The first-order valence-electron chi connectivity index (χ1n) is 4.30. The van der Waals surface area contributed by atoms with Gasteiger partial charge in [-0.05, 0) is 18.2 Å². The highest BCUT2D eigenvalue weighted by molar-refractivity contribution is 5.10. The van der Waals surface area contributed by atoms with Gasteiger partial charge in [-0.25, -0.2) is 4.98 Å².